The maximum atomic E-state index is 12.4. The first-order chi connectivity index (χ1) is 9.77. The van der Waals surface area contributed by atoms with Crippen LogP contribution in [-0.4, -0.2) is 66.8 Å². The Morgan fingerprint density at radius 1 is 1.43 bits per heavy atom. The second-order valence-corrected chi connectivity index (χ2v) is 8.55. The summed E-state index contributed by atoms with van der Waals surface area (Å²) in [6.07, 6.45) is 3.89. The Morgan fingerprint density at radius 2 is 2.05 bits per heavy atom. The average molecular weight is 338 g/mol. The molecule has 124 valence electrons. The summed E-state index contributed by atoms with van der Waals surface area (Å²) in [4.78, 5) is 13.9. The molecule has 6 nitrogen and oxygen atoms in total. The summed E-state index contributed by atoms with van der Waals surface area (Å²) in [5, 5.41) is 10.1. The van der Waals surface area contributed by atoms with Crippen LogP contribution in [0.2, 0.25) is 0 Å². The Bertz CT molecular complexity index is 447. The second-order valence-electron chi connectivity index (χ2n) is 5.52. The molecule has 21 heavy (non-hydrogen) atoms. The molecule has 0 saturated carbocycles. The lowest BCUT2D eigenvalue weighted by Gasteiger charge is -2.47. The molecule has 1 heterocycles. The van der Waals surface area contributed by atoms with E-state index in [0.717, 1.165) is 6.42 Å². The summed E-state index contributed by atoms with van der Waals surface area (Å²) < 4.78 is 25.9. The van der Waals surface area contributed by atoms with Crippen molar-refractivity contribution in [3.8, 4) is 0 Å². The van der Waals surface area contributed by atoms with Crippen molar-refractivity contribution < 1.29 is 18.3 Å². The number of likely N-dealkylation sites (tertiary alicyclic amines) is 1. The van der Waals surface area contributed by atoms with Gasteiger partial charge in [0, 0.05) is 0 Å². The number of hydrogen-bond donors (Lipinski definition) is 2. The topological polar surface area (TPSA) is 86.7 Å². The van der Waals surface area contributed by atoms with E-state index in [1.54, 1.807) is 23.6 Å². The van der Waals surface area contributed by atoms with Crippen molar-refractivity contribution in [3.63, 3.8) is 0 Å². The van der Waals surface area contributed by atoms with Crippen LogP contribution in [0.15, 0.2) is 0 Å². The summed E-state index contributed by atoms with van der Waals surface area (Å²) in [7, 11) is -3.42. The van der Waals surface area contributed by atoms with E-state index in [4.69, 9.17) is 0 Å². The van der Waals surface area contributed by atoms with Crippen molar-refractivity contribution in [2.45, 2.75) is 44.8 Å². The summed E-state index contributed by atoms with van der Waals surface area (Å²) >= 11 is 1.57. The molecule has 0 spiro atoms. The lowest BCUT2D eigenvalue weighted by atomic mass is 9.88. The number of carbonyl (C=O) groups is 1. The Balaban J connectivity index is 2.65. The van der Waals surface area contributed by atoms with Crippen LogP contribution in [0.5, 0.6) is 0 Å². The first-order valence-corrected chi connectivity index (χ1v) is 10.3. The number of aliphatic hydroxyl groups is 1. The van der Waals surface area contributed by atoms with Gasteiger partial charge in [-0.25, -0.2) is 13.1 Å². The van der Waals surface area contributed by atoms with E-state index in [1.165, 1.54) is 0 Å². The molecule has 1 aliphatic rings. The van der Waals surface area contributed by atoms with E-state index in [1.807, 2.05) is 13.2 Å². The summed E-state index contributed by atoms with van der Waals surface area (Å²) in [5.74, 6) is 0.424. The first-order valence-electron chi connectivity index (χ1n) is 7.27. The molecule has 2 N–H and O–H groups in total. The molecule has 1 saturated heterocycles. The molecule has 1 amide bonds. The Kier molecular flexibility index (Phi) is 6.96. The molecule has 0 aliphatic carbocycles. The molecule has 0 aromatic rings. The van der Waals surface area contributed by atoms with Gasteiger partial charge in [0.2, 0.25) is 15.9 Å². The van der Waals surface area contributed by atoms with Crippen LogP contribution >= 0.6 is 11.8 Å². The normalized spacial score (nSPS) is 19.1. The molecule has 1 rings (SSSR count). The highest BCUT2D eigenvalue weighted by atomic mass is 32.2. The second kappa shape index (κ2) is 7.80. The Morgan fingerprint density at radius 3 is 2.52 bits per heavy atom. The van der Waals surface area contributed by atoms with Crippen molar-refractivity contribution in [2.75, 3.05) is 30.9 Å². The van der Waals surface area contributed by atoms with Gasteiger partial charge in [-0.1, -0.05) is 13.3 Å². The Hall–Kier alpha value is -0.310. The standard InChI is InChI=1S/C13H26N2O4S2/c1-4-7-13(17)9-15(10-13)12(16)11(6-8-20-3)14-21(18,19)5-2/h11,14,17H,4-10H2,1-3H3. The van der Waals surface area contributed by atoms with Gasteiger partial charge < -0.3 is 10.0 Å². The number of rotatable bonds is 9. The fourth-order valence-corrected chi connectivity index (χ4v) is 3.72. The summed E-state index contributed by atoms with van der Waals surface area (Å²) in [5.41, 5.74) is -0.794. The number of thioether (sulfide) groups is 1. The predicted octanol–water partition coefficient (Wildman–Crippen LogP) is 0.421. The van der Waals surface area contributed by atoms with Crippen LogP contribution in [-0.2, 0) is 14.8 Å². The molecule has 0 radical (unpaired) electrons. The minimum Gasteiger partial charge on any atom is -0.386 e. The molecular formula is C13H26N2O4S2. The third-order valence-corrected chi connectivity index (χ3v) is 5.66. The van der Waals surface area contributed by atoms with Gasteiger partial charge in [0.15, 0.2) is 0 Å². The fraction of sp³-hybridized carbons (Fsp3) is 0.923. The maximum Gasteiger partial charge on any atom is 0.240 e. The molecule has 0 aromatic carbocycles. The van der Waals surface area contributed by atoms with Crippen LogP contribution in [0.4, 0.5) is 0 Å². The highest BCUT2D eigenvalue weighted by Crippen LogP contribution is 2.26. The fourth-order valence-electron chi connectivity index (χ4n) is 2.43. The molecule has 0 bridgehead atoms. The van der Waals surface area contributed by atoms with Crippen LogP contribution in [0.3, 0.4) is 0 Å². The predicted molar refractivity (Wildman–Crippen MR) is 85.8 cm³/mol. The molecular weight excluding hydrogens is 312 g/mol. The van der Waals surface area contributed by atoms with Gasteiger partial charge >= 0.3 is 0 Å². The molecule has 1 aliphatic heterocycles. The van der Waals surface area contributed by atoms with Crippen molar-refractivity contribution in [2.24, 2.45) is 0 Å². The van der Waals surface area contributed by atoms with Gasteiger partial charge in [-0.3, -0.25) is 4.79 Å². The summed E-state index contributed by atoms with van der Waals surface area (Å²) in [6, 6.07) is -0.728. The highest BCUT2D eigenvalue weighted by Gasteiger charge is 2.44. The van der Waals surface area contributed by atoms with Gasteiger partial charge in [0.05, 0.1) is 24.4 Å². The van der Waals surface area contributed by atoms with E-state index in [2.05, 4.69) is 4.72 Å². The molecule has 8 heteroatoms. The summed E-state index contributed by atoms with van der Waals surface area (Å²) in [6.45, 7) is 4.12. The van der Waals surface area contributed by atoms with Crippen molar-refractivity contribution in [1.29, 1.82) is 0 Å². The zero-order valence-corrected chi connectivity index (χ0v) is 14.6. The van der Waals surface area contributed by atoms with Crippen LogP contribution in [0, 0.1) is 0 Å². The number of nitrogens with one attached hydrogen (secondary N) is 1. The van der Waals surface area contributed by atoms with E-state index >= 15 is 0 Å². The molecule has 1 atom stereocenters. The maximum absolute atomic E-state index is 12.4. The SMILES string of the molecule is CCCC1(O)CN(C(=O)C(CCSC)NS(=O)(=O)CC)C1. The third-order valence-electron chi connectivity index (χ3n) is 3.61. The smallest absolute Gasteiger partial charge is 0.240 e. The zero-order valence-electron chi connectivity index (χ0n) is 13.0. The average Bonchev–Trinajstić information content (AvgIpc) is 2.40. The van der Waals surface area contributed by atoms with E-state index < -0.39 is 21.7 Å². The monoisotopic (exact) mass is 338 g/mol. The van der Waals surface area contributed by atoms with Gasteiger partial charge in [-0.2, -0.15) is 11.8 Å². The minimum absolute atomic E-state index is 0.0458. The number of hydrogen-bond acceptors (Lipinski definition) is 5. The Labute approximate surface area is 131 Å². The first kappa shape index (κ1) is 18.7. The van der Waals surface area contributed by atoms with E-state index in [9.17, 15) is 18.3 Å². The van der Waals surface area contributed by atoms with Crippen LogP contribution < -0.4 is 4.72 Å². The number of carbonyl (C=O) groups excluding carboxylic acids is 1. The lowest BCUT2D eigenvalue weighted by molar-refractivity contribution is -0.158. The number of nitrogens with zero attached hydrogens (tertiary/aromatic N) is 1. The van der Waals surface area contributed by atoms with Gasteiger partial charge in [0.25, 0.3) is 0 Å². The van der Waals surface area contributed by atoms with Crippen molar-refractivity contribution >= 4 is 27.7 Å². The van der Waals surface area contributed by atoms with E-state index in [0.29, 0.717) is 31.7 Å². The number of sulfonamides is 1. The third kappa shape index (κ3) is 5.43. The largest absolute Gasteiger partial charge is 0.386 e. The minimum atomic E-state index is -3.42. The highest BCUT2D eigenvalue weighted by molar-refractivity contribution is 7.98. The van der Waals surface area contributed by atoms with Gasteiger partial charge in [-0.05, 0) is 31.8 Å². The lowest BCUT2D eigenvalue weighted by Crippen LogP contribution is -2.66. The number of β-amino-alcohol motifs (C(OH)–C–C–N with tert-alkyl or cyclic N) is 1. The van der Waals surface area contributed by atoms with Gasteiger partial charge in [0.1, 0.15) is 6.04 Å². The van der Waals surface area contributed by atoms with Gasteiger partial charge in [-0.15, -0.1) is 0 Å². The quantitative estimate of drug-likeness (QED) is 0.636. The zero-order chi connectivity index (χ0) is 16.1. The molecule has 1 unspecified atom stereocenters. The van der Waals surface area contributed by atoms with Crippen molar-refractivity contribution in [1.82, 2.24) is 9.62 Å². The molecule has 0 aromatic heterocycles. The molecule has 1 fully saturated rings. The number of amides is 1. The van der Waals surface area contributed by atoms with Crippen molar-refractivity contribution in [3.05, 3.63) is 0 Å². The van der Waals surface area contributed by atoms with Crippen LogP contribution in [0.25, 0.3) is 0 Å². The van der Waals surface area contributed by atoms with E-state index in [-0.39, 0.29) is 11.7 Å². The van der Waals surface area contributed by atoms with Crippen LogP contribution in [0.1, 0.15) is 33.1 Å².